The second-order valence-electron chi connectivity index (χ2n) is 5.74. The number of nitrogens with one attached hydrogen (secondary N) is 1. The molecule has 1 aromatic heterocycles. The molecular formula is C16H26N2OS. The summed E-state index contributed by atoms with van der Waals surface area (Å²) in [7, 11) is 0. The number of carbonyl (C=O) groups excluding carboxylic acids is 1. The van der Waals surface area contributed by atoms with Gasteiger partial charge in [0.15, 0.2) is 0 Å². The Kier molecular flexibility index (Phi) is 6.05. The molecule has 0 bridgehead atoms. The Balaban J connectivity index is 1.80. The van der Waals surface area contributed by atoms with Crippen molar-refractivity contribution in [1.82, 2.24) is 10.2 Å². The molecule has 0 radical (unpaired) electrons. The SMILES string of the molecule is CCc1cc(C(=O)N[C@@H](C)CN2CCCCCC2)cs1. The molecule has 1 fully saturated rings. The van der Waals surface area contributed by atoms with E-state index >= 15 is 0 Å². The van der Waals surface area contributed by atoms with Gasteiger partial charge in [0.2, 0.25) is 0 Å². The molecule has 0 saturated carbocycles. The van der Waals surface area contributed by atoms with E-state index in [2.05, 4.69) is 24.1 Å². The second kappa shape index (κ2) is 7.79. The van der Waals surface area contributed by atoms with Crippen LogP contribution in [-0.4, -0.2) is 36.5 Å². The Labute approximate surface area is 126 Å². The topological polar surface area (TPSA) is 32.3 Å². The minimum Gasteiger partial charge on any atom is -0.348 e. The Morgan fingerprint density at radius 3 is 2.65 bits per heavy atom. The smallest absolute Gasteiger partial charge is 0.252 e. The molecule has 4 heteroatoms. The maximum absolute atomic E-state index is 12.2. The monoisotopic (exact) mass is 294 g/mol. The van der Waals surface area contributed by atoms with Gasteiger partial charge in [-0.25, -0.2) is 0 Å². The quantitative estimate of drug-likeness (QED) is 0.903. The van der Waals surface area contributed by atoms with Crippen LogP contribution in [0.3, 0.4) is 0 Å². The van der Waals surface area contributed by atoms with Gasteiger partial charge in [-0.1, -0.05) is 19.8 Å². The van der Waals surface area contributed by atoms with E-state index in [0.29, 0.717) is 0 Å². The van der Waals surface area contributed by atoms with Crippen LogP contribution in [0.5, 0.6) is 0 Å². The lowest BCUT2D eigenvalue weighted by atomic mass is 10.2. The van der Waals surface area contributed by atoms with Crippen LogP contribution in [0.4, 0.5) is 0 Å². The van der Waals surface area contributed by atoms with Crippen LogP contribution < -0.4 is 5.32 Å². The standard InChI is InChI=1S/C16H26N2OS/c1-3-15-10-14(12-20-15)16(19)17-13(2)11-18-8-6-4-5-7-9-18/h10,12-13H,3-9,11H2,1-2H3,(H,17,19)/t13-/m0/s1. The van der Waals surface area contributed by atoms with Crippen molar-refractivity contribution in [3.8, 4) is 0 Å². The van der Waals surface area contributed by atoms with Crippen molar-refractivity contribution in [2.24, 2.45) is 0 Å². The van der Waals surface area contributed by atoms with Crippen LogP contribution >= 0.6 is 11.3 Å². The van der Waals surface area contributed by atoms with Crippen molar-refractivity contribution >= 4 is 17.2 Å². The summed E-state index contributed by atoms with van der Waals surface area (Å²) in [4.78, 5) is 15.9. The average molecular weight is 294 g/mol. The highest BCUT2D eigenvalue weighted by Gasteiger charge is 2.15. The normalized spacial score (nSPS) is 18.5. The fourth-order valence-electron chi connectivity index (χ4n) is 2.74. The highest BCUT2D eigenvalue weighted by Crippen LogP contribution is 2.15. The molecule has 112 valence electrons. The van der Waals surface area contributed by atoms with E-state index in [1.807, 2.05) is 11.4 Å². The predicted molar refractivity (Wildman–Crippen MR) is 85.5 cm³/mol. The summed E-state index contributed by atoms with van der Waals surface area (Å²) in [5.74, 6) is 0.0725. The van der Waals surface area contributed by atoms with Crippen molar-refractivity contribution in [3.63, 3.8) is 0 Å². The molecule has 3 nitrogen and oxygen atoms in total. The van der Waals surface area contributed by atoms with E-state index in [0.717, 1.165) is 18.5 Å². The van der Waals surface area contributed by atoms with Crippen LogP contribution in [-0.2, 0) is 6.42 Å². The molecule has 2 heterocycles. The number of amides is 1. The zero-order valence-electron chi connectivity index (χ0n) is 12.7. The summed E-state index contributed by atoms with van der Waals surface area (Å²) in [6.07, 6.45) is 6.30. The minimum atomic E-state index is 0.0725. The van der Waals surface area contributed by atoms with E-state index in [1.54, 1.807) is 11.3 Å². The molecule has 1 aliphatic rings. The maximum Gasteiger partial charge on any atom is 0.252 e. The zero-order valence-corrected chi connectivity index (χ0v) is 13.5. The Morgan fingerprint density at radius 2 is 2.05 bits per heavy atom. The molecule has 1 aliphatic heterocycles. The summed E-state index contributed by atoms with van der Waals surface area (Å²) in [6.45, 7) is 7.55. The maximum atomic E-state index is 12.2. The summed E-state index contributed by atoms with van der Waals surface area (Å²) in [5.41, 5.74) is 0.814. The number of likely N-dealkylation sites (tertiary alicyclic amines) is 1. The number of carbonyl (C=O) groups is 1. The van der Waals surface area contributed by atoms with Gasteiger partial charge in [0.1, 0.15) is 0 Å². The van der Waals surface area contributed by atoms with E-state index in [-0.39, 0.29) is 11.9 Å². The number of hydrogen-bond donors (Lipinski definition) is 1. The molecule has 1 aromatic rings. The molecule has 1 amide bonds. The Morgan fingerprint density at radius 1 is 1.35 bits per heavy atom. The van der Waals surface area contributed by atoms with Crippen LogP contribution in [0, 0.1) is 0 Å². The first kappa shape index (κ1) is 15.5. The van der Waals surface area contributed by atoms with Crippen molar-refractivity contribution in [1.29, 1.82) is 0 Å². The van der Waals surface area contributed by atoms with E-state index < -0.39 is 0 Å². The summed E-state index contributed by atoms with van der Waals surface area (Å²) >= 11 is 1.67. The van der Waals surface area contributed by atoms with Gasteiger partial charge in [-0.2, -0.15) is 0 Å². The van der Waals surface area contributed by atoms with Gasteiger partial charge >= 0.3 is 0 Å². The fraction of sp³-hybridized carbons (Fsp3) is 0.688. The Hall–Kier alpha value is -0.870. The zero-order chi connectivity index (χ0) is 14.4. The third kappa shape index (κ3) is 4.60. The number of rotatable bonds is 5. The number of aryl methyl sites for hydroxylation is 1. The van der Waals surface area contributed by atoms with Crippen LogP contribution in [0.2, 0.25) is 0 Å². The third-order valence-corrected chi connectivity index (χ3v) is 4.95. The predicted octanol–water partition coefficient (Wildman–Crippen LogP) is 3.30. The van der Waals surface area contributed by atoms with Crippen molar-refractivity contribution < 1.29 is 4.79 Å². The molecule has 0 unspecified atom stereocenters. The number of hydrogen-bond acceptors (Lipinski definition) is 3. The second-order valence-corrected chi connectivity index (χ2v) is 6.74. The number of nitrogens with zero attached hydrogens (tertiary/aromatic N) is 1. The molecule has 1 saturated heterocycles. The summed E-state index contributed by atoms with van der Waals surface area (Å²) in [5, 5.41) is 5.09. The van der Waals surface area contributed by atoms with Gasteiger partial charge in [0, 0.05) is 22.8 Å². The average Bonchev–Trinajstić information content (AvgIpc) is 2.78. The molecule has 0 spiro atoms. The van der Waals surface area contributed by atoms with E-state index in [4.69, 9.17) is 0 Å². The summed E-state index contributed by atoms with van der Waals surface area (Å²) in [6, 6.07) is 2.23. The van der Waals surface area contributed by atoms with Gasteiger partial charge < -0.3 is 10.2 Å². The Bertz CT molecular complexity index is 422. The summed E-state index contributed by atoms with van der Waals surface area (Å²) < 4.78 is 0. The van der Waals surface area contributed by atoms with E-state index in [1.165, 1.54) is 43.6 Å². The lowest BCUT2D eigenvalue weighted by Gasteiger charge is -2.24. The van der Waals surface area contributed by atoms with Crippen LogP contribution in [0.25, 0.3) is 0 Å². The molecule has 20 heavy (non-hydrogen) atoms. The molecule has 0 aliphatic carbocycles. The van der Waals surface area contributed by atoms with Gasteiger partial charge in [-0.15, -0.1) is 11.3 Å². The van der Waals surface area contributed by atoms with Crippen molar-refractivity contribution in [2.45, 2.75) is 52.0 Å². The molecule has 0 aromatic carbocycles. The van der Waals surface area contributed by atoms with Gasteiger partial charge in [-0.05, 0) is 45.3 Å². The third-order valence-electron chi connectivity index (χ3n) is 3.87. The van der Waals surface area contributed by atoms with Gasteiger partial charge in [-0.3, -0.25) is 4.79 Å². The molecular weight excluding hydrogens is 268 g/mol. The first-order valence-electron chi connectivity index (χ1n) is 7.79. The van der Waals surface area contributed by atoms with Gasteiger partial charge in [0.25, 0.3) is 5.91 Å². The number of thiophene rings is 1. The molecule has 2 rings (SSSR count). The lowest BCUT2D eigenvalue weighted by Crippen LogP contribution is -2.42. The van der Waals surface area contributed by atoms with Crippen molar-refractivity contribution in [2.75, 3.05) is 19.6 Å². The highest BCUT2D eigenvalue weighted by atomic mass is 32.1. The first-order valence-corrected chi connectivity index (χ1v) is 8.67. The van der Waals surface area contributed by atoms with Gasteiger partial charge in [0.05, 0.1) is 5.56 Å². The molecule has 1 atom stereocenters. The lowest BCUT2D eigenvalue weighted by molar-refractivity contribution is 0.0930. The van der Waals surface area contributed by atoms with E-state index in [9.17, 15) is 4.79 Å². The minimum absolute atomic E-state index is 0.0725. The highest BCUT2D eigenvalue weighted by molar-refractivity contribution is 7.10. The van der Waals surface area contributed by atoms with Crippen LogP contribution in [0.15, 0.2) is 11.4 Å². The van der Waals surface area contributed by atoms with Crippen LogP contribution in [0.1, 0.15) is 54.8 Å². The fourth-order valence-corrected chi connectivity index (χ4v) is 3.56. The largest absolute Gasteiger partial charge is 0.348 e. The van der Waals surface area contributed by atoms with Crippen molar-refractivity contribution in [3.05, 3.63) is 21.9 Å². The molecule has 1 N–H and O–H groups in total. The first-order chi connectivity index (χ1) is 9.69.